The van der Waals surface area contributed by atoms with Gasteiger partial charge in [-0.1, -0.05) is 18.2 Å². The van der Waals surface area contributed by atoms with Gasteiger partial charge in [0.2, 0.25) is 5.91 Å². The molecule has 27 heavy (non-hydrogen) atoms. The van der Waals surface area contributed by atoms with Gasteiger partial charge < -0.3 is 4.74 Å². The zero-order valence-electron chi connectivity index (χ0n) is 15.1. The van der Waals surface area contributed by atoms with Crippen LogP contribution in [-0.2, 0) is 9.59 Å². The van der Waals surface area contributed by atoms with Gasteiger partial charge in [-0.3, -0.25) is 14.5 Å². The molecule has 1 heterocycles. The van der Waals surface area contributed by atoms with Gasteiger partial charge in [0.1, 0.15) is 11.6 Å². The van der Waals surface area contributed by atoms with Crippen molar-refractivity contribution in [3.8, 4) is 5.75 Å². The fourth-order valence-electron chi connectivity index (χ4n) is 4.10. The molecule has 0 aromatic heterocycles. The first-order chi connectivity index (χ1) is 13.1. The summed E-state index contributed by atoms with van der Waals surface area (Å²) in [5.74, 6) is -0.00864. The fourth-order valence-corrected chi connectivity index (χ4v) is 4.10. The number of halogens is 1. The maximum absolute atomic E-state index is 13.3. The number of Topliss-reactive ketones (excluding diaryl/α,β-unsaturated/α-hetero) is 1. The van der Waals surface area contributed by atoms with Crippen molar-refractivity contribution in [1.82, 2.24) is 0 Å². The van der Waals surface area contributed by atoms with E-state index in [4.69, 9.17) is 4.74 Å². The lowest BCUT2D eigenvalue weighted by molar-refractivity contribution is -0.119. The minimum absolute atomic E-state index is 0.0757. The van der Waals surface area contributed by atoms with Crippen LogP contribution in [0.4, 0.5) is 10.1 Å². The Hall–Kier alpha value is -2.95. The molecule has 1 amide bonds. The van der Waals surface area contributed by atoms with Crippen LogP contribution in [0.3, 0.4) is 0 Å². The lowest BCUT2D eigenvalue weighted by Crippen LogP contribution is -2.40. The maximum atomic E-state index is 13.3. The molecule has 4 nitrogen and oxygen atoms in total. The summed E-state index contributed by atoms with van der Waals surface area (Å²) in [4.78, 5) is 27.5. The predicted octanol–water partition coefficient (Wildman–Crippen LogP) is 4.36. The van der Waals surface area contributed by atoms with E-state index in [0.29, 0.717) is 36.3 Å². The second kappa shape index (κ2) is 6.99. The molecule has 2 aromatic rings. The van der Waals surface area contributed by atoms with E-state index < -0.39 is 0 Å². The summed E-state index contributed by atoms with van der Waals surface area (Å²) in [6.45, 7) is 0. The Labute approximate surface area is 157 Å². The maximum Gasteiger partial charge on any atom is 0.232 e. The number of benzene rings is 2. The molecule has 0 spiro atoms. The molecule has 0 radical (unpaired) electrons. The van der Waals surface area contributed by atoms with Gasteiger partial charge in [0.15, 0.2) is 5.78 Å². The summed E-state index contributed by atoms with van der Waals surface area (Å²) in [6, 6.07) is 13.4. The molecule has 1 unspecified atom stereocenters. The van der Waals surface area contributed by atoms with E-state index in [-0.39, 0.29) is 29.8 Å². The van der Waals surface area contributed by atoms with E-state index in [0.717, 1.165) is 11.3 Å². The zero-order valence-corrected chi connectivity index (χ0v) is 15.1. The lowest BCUT2D eigenvalue weighted by Gasteiger charge is -2.38. The Morgan fingerprint density at radius 2 is 1.78 bits per heavy atom. The molecule has 2 aliphatic rings. The van der Waals surface area contributed by atoms with Gasteiger partial charge in [-0.2, -0.15) is 0 Å². The van der Waals surface area contributed by atoms with Crippen molar-refractivity contribution in [2.75, 3.05) is 12.0 Å². The van der Waals surface area contributed by atoms with E-state index in [1.165, 1.54) is 12.1 Å². The largest absolute Gasteiger partial charge is 0.496 e. The molecule has 0 saturated carbocycles. The van der Waals surface area contributed by atoms with Crippen LogP contribution >= 0.6 is 0 Å². The smallest absolute Gasteiger partial charge is 0.232 e. The number of ether oxygens (including phenoxy) is 1. The van der Waals surface area contributed by atoms with Crippen molar-refractivity contribution in [2.45, 2.75) is 31.6 Å². The molecule has 0 saturated heterocycles. The van der Waals surface area contributed by atoms with E-state index in [1.807, 2.05) is 24.3 Å². The Morgan fingerprint density at radius 1 is 1.04 bits per heavy atom. The number of hydrogen-bond donors (Lipinski definition) is 0. The zero-order chi connectivity index (χ0) is 19.0. The van der Waals surface area contributed by atoms with E-state index in [1.54, 1.807) is 24.1 Å². The SMILES string of the molecule is COc1ccccc1C1CC(=O)N(c2ccc(F)cc2)C2=C1C(=O)CCC2. The average molecular weight is 365 g/mol. The number of anilines is 1. The van der Waals surface area contributed by atoms with Gasteiger partial charge in [0, 0.05) is 41.3 Å². The highest BCUT2D eigenvalue weighted by molar-refractivity contribution is 6.07. The fraction of sp³-hybridized carbons (Fsp3) is 0.273. The Kier molecular flexibility index (Phi) is 4.52. The van der Waals surface area contributed by atoms with Gasteiger partial charge in [-0.05, 0) is 43.2 Å². The summed E-state index contributed by atoms with van der Waals surface area (Å²) >= 11 is 0. The number of amides is 1. The minimum atomic E-state index is -0.357. The number of hydrogen-bond acceptors (Lipinski definition) is 3. The number of ketones is 1. The van der Waals surface area contributed by atoms with Gasteiger partial charge in [0.05, 0.1) is 7.11 Å². The molecule has 0 bridgehead atoms. The second-order valence-corrected chi connectivity index (χ2v) is 6.84. The Balaban J connectivity index is 1.87. The third-order valence-corrected chi connectivity index (χ3v) is 5.27. The number of para-hydroxylation sites is 1. The number of carbonyl (C=O) groups is 2. The van der Waals surface area contributed by atoms with Crippen LogP contribution < -0.4 is 9.64 Å². The van der Waals surface area contributed by atoms with Gasteiger partial charge >= 0.3 is 0 Å². The summed E-state index contributed by atoms with van der Waals surface area (Å²) in [5, 5.41) is 0. The minimum Gasteiger partial charge on any atom is -0.496 e. The first-order valence-electron chi connectivity index (χ1n) is 9.08. The van der Waals surface area contributed by atoms with Crippen LogP contribution in [0.2, 0.25) is 0 Å². The summed E-state index contributed by atoms with van der Waals surface area (Å²) in [5.41, 5.74) is 2.89. The van der Waals surface area contributed by atoms with Gasteiger partial charge in [-0.25, -0.2) is 4.39 Å². The highest BCUT2D eigenvalue weighted by Gasteiger charge is 2.40. The van der Waals surface area contributed by atoms with E-state index >= 15 is 0 Å². The summed E-state index contributed by atoms with van der Waals surface area (Å²) in [7, 11) is 1.59. The van der Waals surface area contributed by atoms with Gasteiger partial charge in [-0.15, -0.1) is 0 Å². The van der Waals surface area contributed by atoms with Crippen molar-refractivity contribution in [3.63, 3.8) is 0 Å². The lowest BCUT2D eigenvalue weighted by atomic mass is 9.77. The van der Waals surface area contributed by atoms with Crippen LogP contribution in [-0.4, -0.2) is 18.8 Å². The summed E-state index contributed by atoms with van der Waals surface area (Å²) < 4.78 is 18.8. The van der Waals surface area contributed by atoms with Crippen LogP contribution in [0.1, 0.15) is 37.2 Å². The second-order valence-electron chi connectivity index (χ2n) is 6.84. The monoisotopic (exact) mass is 365 g/mol. The quantitative estimate of drug-likeness (QED) is 0.812. The average Bonchev–Trinajstić information content (AvgIpc) is 2.68. The van der Waals surface area contributed by atoms with Crippen molar-refractivity contribution in [2.24, 2.45) is 0 Å². The van der Waals surface area contributed by atoms with Gasteiger partial charge in [0.25, 0.3) is 0 Å². The number of allylic oxidation sites excluding steroid dienone is 2. The van der Waals surface area contributed by atoms with E-state index in [2.05, 4.69) is 0 Å². The van der Waals surface area contributed by atoms with Crippen molar-refractivity contribution < 1.29 is 18.7 Å². The molecule has 1 aliphatic heterocycles. The molecule has 0 N–H and O–H groups in total. The van der Waals surface area contributed by atoms with Crippen molar-refractivity contribution in [1.29, 1.82) is 0 Å². The Bertz CT molecular complexity index is 933. The number of rotatable bonds is 3. The van der Waals surface area contributed by atoms with Crippen LogP contribution in [0.25, 0.3) is 0 Å². The molecule has 4 rings (SSSR count). The van der Waals surface area contributed by atoms with Crippen LogP contribution in [0.15, 0.2) is 59.8 Å². The van der Waals surface area contributed by atoms with Crippen molar-refractivity contribution >= 4 is 17.4 Å². The molecule has 2 aromatic carbocycles. The number of methoxy groups -OCH3 is 1. The Morgan fingerprint density at radius 3 is 2.52 bits per heavy atom. The normalized spacial score (nSPS) is 19.9. The number of carbonyl (C=O) groups excluding carboxylic acids is 2. The molecule has 5 heteroatoms. The van der Waals surface area contributed by atoms with E-state index in [9.17, 15) is 14.0 Å². The molecular weight excluding hydrogens is 345 g/mol. The van der Waals surface area contributed by atoms with Crippen LogP contribution in [0, 0.1) is 5.82 Å². The van der Waals surface area contributed by atoms with Crippen molar-refractivity contribution in [3.05, 3.63) is 71.2 Å². The topological polar surface area (TPSA) is 46.6 Å². The molecule has 0 fully saturated rings. The van der Waals surface area contributed by atoms with Crippen LogP contribution in [0.5, 0.6) is 5.75 Å². The predicted molar refractivity (Wildman–Crippen MR) is 100 cm³/mol. The highest BCUT2D eigenvalue weighted by atomic mass is 19.1. The highest BCUT2D eigenvalue weighted by Crippen LogP contribution is 2.45. The first-order valence-corrected chi connectivity index (χ1v) is 9.08. The number of nitrogens with zero attached hydrogens (tertiary/aromatic N) is 1. The molecular formula is C22H20FNO3. The summed E-state index contributed by atoms with van der Waals surface area (Å²) in [6.07, 6.45) is 2.02. The molecule has 1 atom stereocenters. The third-order valence-electron chi connectivity index (χ3n) is 5.27. The molecule has 138 valence electrons. The third kappa shape index (κ3) is 3.03. The first kappa shape index (κ1) is 17.5. The standard InChI is InChI=1S/C22H20FNO3/c1-27-20-8-3-2-5-16(20)17-13-21(26)24(15-11-9-14(23)10-12-15)18-6-4-7-19(25)22(17)18/h2-3,5,8-12,17H,4,6-7,13H2,1H3. The molecule has 1 aliphatic carbocycles.